The normalized spacial score (nSPS) is 11.2. The van der Waals surface area contributed by atoms with E-state index in [1.165, 1.54) is 11.8 Å². The van der Waals surface area contributed by atoms with Crippen LogP contribution in [0.1, 0.15) is 0 Å². The maximum atomic E-state index is 12.4. The first-order chi connectivity index (χ1) is 11.9. The van der Waals surface area contributed by atoms with Crippen LogP contribution in [-0.2, 0) is 4.79 Å². The quantitative estimate of drug-likeness (QED) is 0.673. The molecular formula is C17H16F3NO2S2. The maximum absolute atomic E-state index is 12.4. The predicted octanol–water partition coefficient (Wildman–Crippen LogP) is 5.08. The van der Waals surface area contributed by atoms with Gasteiger partial charge in [0.2, 0.25) is 5.91 Å². The largest absolute Gasteiger partial charge is 0.497 e. The molecule has 0 unspecified atom stereocenters. The minimum Gasteiger partial charge on any atom is -0.497 e. The van der Waals surface area contributed by atoms with E-state index < -0.39 is 11.9 Å². The van der Waals surface area contributed by atoms with Crippen molar-refractivity contribution in [3.63, 3.8) is 0 Å². The zero-order valence-electron chi connectivity index (χ0n) is 13.3. The summed E-state index contributed by atoms with van der Waals surface area (Å²) >= 11 is 1.99. The Labute approximate surface area is 152 Å². The Morgan fingerprint density at radius 3 is 2.40 bits per heavy atom. The van der Waals surface area contributed by atoms with Gasteiger partial charge in [0.1, 0.15) is 5.75 Å². The SMILES string of the molecule is COc1ccc(SCC(=O)Nc2ccccc2SCC(F)(F)F)cc1. The average Bonchev–Trinajstić information content (AvgIpc) is 2.59. The Balaban J connectivity index is 1.91. The number of carbonyl (C=O) groups excluding carboxylic acids is 1. The van der Waals surface area contributed by atoms with Crippen molar-refractivity contribution in [1.82, 2.24) is 0 Å². The Kier molecular flexibility index (Phi) is 7.07. The molecule has 0 aliphatic carbocycles. The van der Waals surface area contributed by atoms with Gasteiger partial charge in [0.15, 0.2) is 0 Å². The van der Waals surface area contributed by atoms with Crippen LogP contribution in [0.5, 0.6) is 5.75 Å². The summed E-state index contributed by atoms with van der Waals surface area (Å²) < 4.78 is 42.2. The van der Waals surface area contributed by atoms with Crippen LogP contribution in [0.2, 0.25) is 0 Å². The molecule has 1 N–H and O–H groups in total. The van der Waals surface area contributed by atoms with Crippen molar-refractivity contribution in [2.75, 3.05) is 23.9 Å². The van der Waals surface area contributed by atoms with Crippen molar-refractivity contribution in [3.05, 3.63) is 48.5 Å². The van der Waals surface area contributed by atoms with Gasteiger partial charge in [-0.3, -0.25) is 4.79 Å². The van der Waals surface area contributed by atoms with Gasteiger partial charge in [-0.2, -0.15) is 13.2 Å². The molecule has 0 aromatic heterocycles. The Bertz CT molecular complexity index is 706. The van der Waals surface area contributed by atoms with E-state index in [-0.39, 0.29) is 11.7 Å². The summed E-state index contributed by atoms with van der Waals surface area (Å²) in [6.07, 6.45) is -4.26. The van der Waals surface area contributed by atoms with Crippen LogP contribution in [-0.4, -0.2) is 30.7 Å². The van der Waals surface area contributed by atoms with E-state index in [1.807, 2.05) is 12.1 Å². The van der Waals surface area contributed by atoms with Crippen molar-refractivity contribution in [2.24, 2.45) is 0 Å². The lowest BCUT2D eigenvalue weighted by Gasteiger charge is -2.12. The standard InChI is InChI=1S/C17H16F3NO2S2/c1-23-12-6-8-13(9-7-12)24-10-16(22)21-14-4-2-3-5-15(14)25-11-17(18,19)20/h2-9H,10-11H2,1H3,(H,21,22). The highest BCUT2D eigenvalue weighted by Crippen LogP contribution is 2.32. The number of carbonyl (C=O) groups is 1. The van der Waals surface area contributed by atoms with Gasteiger partial charge in [0.05, 0.1) is 24.3 Å². The smallest absolute Gasteiger partial charge is 0.398 e. The number of rotatable bonds is 7. The molecule has 2 rings (SSSR count). The second-order valence-corrected chi connectivity index (χ2v) is 6.98. The van der Waals surface area contributed by atoms with Crippen molar-refractivity contribution < 1.29 is 22.7 Å². The number of thioether (sulfide) groups is 2. The van der Waals surface area contributed by atoms with E-state index in [9.17, 15) is 18.0 Å². The summed E-state index contributed by atoms with van der Waals surface area (Å²) in [4.78, 5) is 13.4. The molecule has 0 radical (unpaired) electrons. The molecule has 0 aliphatic heterocycles. The predicted molar refractivity (Wildman–Crippen MR) is 95.6 cm³/mol. The second kappa shape index (κ2) is 9.05. The number of methoxy groups -OCH3 is 1. The van der Waals surface area contributed by atoms with Gasteiger partial charge in [-0.15, -0.1) is 23.5 Å². The maximum Gasteiger partial charge on any atom is 0.398 e. The summed E-state index contributed by atoms with van der Waals surface area (Å²) in [7, 11) is 1.57. The van der Waals surface area contributed by atoms with E-state index in [2.05, 4.69) is 5.32 Å². The van der Waals surface area contributed by atoms with Gasteiger partial charge >= 0.3 is 6.18 Å². The molecule has 2 aromatic carbocycles. The number of anilines is 1. The number of halogens is 3. The number of alkyl halides is 3. The molecule has 134 valence electrons. The van der Waals surface area contributed by atoms with Crippen molar-refractivity contribution in [3.8, 4) is 5.75 Å². The van der Waals surface area contributed by atoms with Gasteiger partial charge in [-0.25, -0.2) is 0 Å². The van der Waals surface area contributed by atoms with Gasteiger partial charge in [0.25, 0.3) is 0 Å². The van der Waals surface area contributed by atoms with Crippen molar-refractivity contribution >= 4 is 35.1 Å². The monoisotopic (exact) mass is 387 g/mol. The molecule has 1 amide bonds. The first-order valence-electron chi connectivity index (χ1n) is 7.22. The van der Waals surface area contributed by atoms with Crippen LogP contribution in [0.25, 0.3) is 0 Å². The number of para-hydroxylation sites is 1. The highest BCUT2D eigenvalue weighted by Gasteiger charge is 2.27. The first kappa shape index (κ1) is 19.5. The van der Waals surface area contributed by atoms with E-state index >= 15 is 0 Å². The molecule has 0 saturated carbocycles. The second-order valence-electron chi connectivity index (χ2n) is 4.91. The number of hydrogen-bond acceptors (Lipinski definition) is 4. The molecule has 25 heavy (non-hydrogen) atoms. The number of amides is 1. The molecule has 0 aliphatic rings. The van der Waals surface area contributed by atoms with E-state index in [1.54, 1.807) is 43.5 Å². The summed E-state index contributed by atoms with van der Waals surface area (Å²) in [6.45, 7) is 0. The molecule has 8 heteroatoms. The van der Waals surface area contributed by atoms with Gasteiger partial charge in [0, 0.05) is 9.79 Å². The zero-order valence-corrected chi connectivity index (χ0v) is 14.9. The minimum atomic E-state index is -4.26. The van der Waals surface area contributed by atoms with Crippen LogP contribution in [0.15, 0.2) is 58.3 Å². The van der Waals surface area contributed by atoms with Crippen LogP contribution in [0.4, 0.5) is 18.9 Å². The van der Waals surface area contributed by atoms with Crippen LogP contribution in [0.3, 0.4) is 0 Å². The molecule has 0 bridgehead atoms. The fourth-order valence-corrected chi connectivity index (χ4v) is 3.33. The lowest BCUT2D eigenvalue weighted by Crippen LogP contribution is -2.15. The minimum absolute atomic E-state index is 0.157. The van der Waals surface area contributed by atoms with E-state index in [0.717, 1.165) is 10.6 Å². The average molecular weight is 387 g/mol. The summed E-state index contributed by atoms with van der Waals surface area (Å²) in [5.41, 5.74) is 0.386. The van der Waals surface area contributed by atoms with Crippen molar-refractivity contribution in [2.45, 2.75) is 16.0 Å². The van der Waals surface area contributed by atoms with Crippen LogP contribution < -0.4 is 10.1 Å². The summed E-state index contributed by atoms with van der Waals surface area (Å²) in [5, 5.41) is 2.67. The molecule has 0 atom stereocenters. The fraction of sp³-hybridized carbons (Fsp3) is 0.235. The third-order valence-electron chi connectivity index (χ3n) is 2.98. The van der Waals surface area contributed by atoms with E-state index in [4.69, 9.17) is 4.74 Å². The molecule has 0 spiro atoms. The number of ether oxygens (including phenoxy) is 1. The molecule has 0 saturated heterocycles. The molecule has 2 aromatic rings. The summed E-state index contributed by atoms with van der Waals surface area (Å²) in [6, 6.07) is 13.7. The number of benzene rings is 2. The Morgan fingerprint density at radius 1 is 1.08 bits per heavy atom. The van der Waals surface area contributed by atoms with E-state index in [0.29, 0.717) is 22.3 Å². The highest BCUT2D eigenvalue weighted by atomic mass is 32.2. The zero-order chi connectivity index (χ0) is 18.3. The Morgan fingerprint density at radius 2 is 1.76 bits per heavy atom. The molecular weight excluding hydrogens is 371 g/mol. The topological polar surface area (TPSA) is 38.3 Å². The lowest BCUT2D eigenvalue weighted by atomic mass is 10.3. The van der Waals surface area contributed by atoms with Gasteiger partial charge in [-0.05, 0) is 36.4 Å². The van der Waals surface area contributed by atoms with Crippen molar-refractivity contribution in [1.29, 1.82) is 0 Å². The number of hydrogen-bond donors (Lipinski definition) is 1. The molecule has 0 fully saturated rings. The lowest BCUT2D eigenvalue weighted by molar-refractivity contribution is -0.113. The molecule has 0 heterocycles. The molecule has 3 nitrogen and oxygen atoms in total. The Hall–Kier alpha value is -1.80. The summed E-state index contributed by atoms with van der Waals surface area (Å²) in [5.74, 6) is -0.393. The van der Waals surface area contributed by atoms with Crippen LogP contribution >= 0.6 is 23.5 Å². The highest BCUT2D eigenvalue weighted by molar-refractivity contribution is 8.00. The van der Waals surface area contributed by atoms with Gasteiger partial charge < -0.3 is 10.1 Å². The third kappa shape index (κ3) is 6.91. The third-order valence-corrected chi connectivity index (χ3v) is 5.13. The van der Waals surface area contributed by atoms with Crippen LogP contribution in [0, 0.1) is 0 Å². The number of nitrogens with one attached hydrogen (secondary N) is 1. The van der Waals surface area contributed by atoms with Gasteiger partial charge in [-0.1, -0.05) is 12.1 Å². The fourth-order valence-electron chi connectivity index (χ4n) is 1.86. The first-order valence-corrected chi connectivity index (χ1v) is 9.20.